The van der Waals surface area contributed by atoms with Gasteiger partial charge in [-0.3, -0.25) is 9.59 Å². The van der Waals surface area contributed by atoms with E-state index < -0.39 is 5.91 Å². The molecule has 102 valence electrons. The van der Waals surface area contributed by atoms with Crippen molar-refractivity contribution in [3.63, 3.8) is 0 Å². The number of hydrogen-bond acceptors (Lipinski definition) is 3. The van der Waals surface area contributed by atoms with E-state index in [0.717, 1.165) is 0 Å². The van der Waals surface area contributed by atoms with Gasteiger partial charge in [0.2, 0.25) is 5.91 Å². The minimum absolute atomic E-state index is 0.144. The van der Waals surface area contributed by atoms with Gasteiger partial charge in [0.25, 0.3) is 5.91 Å². The number of carbonyl (C=O) groups excluding carboxylic acids is 2. The fraction of sp³-hybridized carbons (Fsp3) is 0. The average Bonchev–Trinajstić information content (AvgIpc) is 2.41. The van der Waals surface area contributed by atoms with Crippen molar-refractivity contribution >= 4 is 34.8 Å². The maximum atomic E-state index is 12.1. The summed E-state index contributed by atoms with van der Waals surface area (Å²) in [7, 11) is 0. The third kappa shape index (κ3) is 2.89. The summed E-state index contributed by atoms with van der Waals surface area (Å²) in [6.45, 7) is 0. The summed E-state index contributed by atoms with van der Waals surface area (Å²) in [4.78, 5) is 23.2. The fourth-order valence-corrected chi connectivity index (χ4v) is 1.90. The minimum Gasteiger partial charge on any atom is -0.398 e. The summed E-state index contributed by atoms with van der Waals surface area (Å²) in [6.07, 6.45) is 0. The van der Waals surface area contributed by atoms with Crippen molar-refractivity contribution < 1.29 is 9.59 Å². The molecule has 0 aromatic heterocycles. The zero-order valence-corrected chi connectivity index (χ0v) is 11.1. The summed E-state index contributed by atoms with van der Waals surface area (Å²) in [5, 5.41) is 2.87. The van der Waals surface area contributed by atoms with Gasteiger partial charge < -0.3 is 16.8 Å². The highest BCUT2D eigenvalue weighted by Crippen LogP contribution is 2.21. The van der Waals surface area contributed by atoms with E-state index >= 15 is 0 Å². The zero-order chi connectivity index (χ0) is 14.7. The van der Waals surface area contributed by atoms with Crippen molar-refractivity contribution in [1.82, 2.24) is 0 Å². The fourth-order valence-electron chi connectivity index (χ4n) is 1.69. The Kier molecular flexibility index (Phi) is 3.91. The molecule has 0 saturated carbocycles. The van der Waals surface area contributed by atoms with Crippen LogP contribution < -0.4 is 16.8 Å². The lowest BCUT2D eigenvalue weighted by Crippen LogP contribution is -2.16. The Morgan fingerprint density at radius 3 is 2.40 bits per heavy atom. The zero-order valence-electron chi connectivity index (χ0n) is 10.4. The predicted molar refractivity (Wildman–Crippen MR) is 78.8 cm³/mol. The molecule has 2 aromatic carbocycles. The molecule has 0 bridgehead atoms. The molecule has 0 aliphatic rings. The Labute approximate surface area is 120 Å². The van der Waals surface area contributed by atoms with Crippen LogP contribution in [0.1, 0.15) is 20.7 Å². The molecule has 2 rings (SSSR count). The van der Waals surface area contributed by atoms with E-state index in [2.05, 4.69) is 5.32 Å². The number of nitrogens with one attached hydrogen (secondary N) is 1. The molecule has 0 aliphatic carbocycles. The van der Waals surface area contributed by atoms with Gasteiger partial charge in [0.15, 0.2) is 0 Å². The summed E-state index contributed by atoms with van der Waals surface area (Å²) < 4.78 is 0. The number of halogens is 1. The first-order chi connectivity index (χ1) is 9.49. The number of nitrogens with two attached hydrogens (primary N) is 2. The molecule has 0 saturated heterocycles. The van der Waals surface area contributed by atoms with Gasteiger partial charge in [-0.1, -0.05) is 23.7 Å². The van der Waals surface area contributed by atoms with Gasteiger partial charge >= 0.3 is 0 Å². The number of amides is 2. The van der Waals surface area contributed by atoms with E-state index in [1.165, 1.54) is 12.1 Å². The van der Waals surface area contributed by atoms with E-state index in [9.17, 15) is 9.59 Å². The molecule has 0 aliphatic heterocycles. The molecule has 0 unspecified atom stereocenters. The first-order valence-corrected chi connectivity index (χ1v) is 6.12. The molecule has 0 fully saturated rings. The van der Waals surface area contributed by atoms with Crippen LogP contribution in [0.3, 0.4) is 0 Å². The number of para-hydroxylation sites is 1. The largest absolute Gasteiger partial charge is 0.398 e. The first kappa shape index (κ1) is 13.9. The van der Waals surface area contributed by atoms with Crippen LogP contribution in [-0.2, 0) is 0 Å². The van der Waals surface area contributed by atoms with Crippen LogP contribution in [0.5, 0.6) is 0 Å². The number of rotatable bonds is 3. The van der Waals surface area contributed by atoms with Crippen molar-refractivity contribution in [2.75, 3.05) is 11.1 Å². The summed E-state index contributed by atoms with van der Waals surface area (Å²) in [5.74, 6) is -1.04. The van der Waals surface area contributed by atoms with Gasteiger partial charge in [-0.25, -0.2) is 0 Å². The summed E-state index contributed by atoms with van der Waals surface area (Å²) in [5.41, 5.74) is 12.2. The number of benzene rings is 2. The molecule has 2 aromatic rings. The third-order valence-corrected chi connectivity index (χ3v) is 3.02. The number of hydrogen-bond donors (Lipinski definition) is 3. The van der Waals surface area contributed by atoms with Gasteiger partial charge in [0.1, 0.15) is 0 Å². The van der Waals surface area contributed by atoms with Crippen LogP contribution in [-0.4, -0.2) is 11.8 Å². The van der Waals surface area contributed by atoms with Gasteiger partial charge in [-0.2, -0.15) is 0 Å². The molecule has 2 amide bonds. The molecule has 20 heavy (non-hydrogen) atoms. The van der Waals surface area contributed by atoms with Crippen LogP contribution in [0, 0.1) is 0 Å². The van der Waals surface area contributed by atoms with Gasteiger partial charge in [-0.15, -0.1) is 0 Å². The summed E-state index contributed by atoms with van der Waals surface area (Å²) in [6, 6.07) is 11.2. The van der Waals surface area contributed by atoms with Crippen molar-refractivity contribution in [2.24, 2.45) is 5.73 Å². The van der Waals surface area contributed by atoms with Crippen LogP contribution >= 0.6 is 11.6 Å². The van der Waals surface area contributed by atoms with Crippen LogP contribution in [0.15, 0.2) is 42.5 Å². The van der Waals surface area contributed by atoms with E-state index in [1.807, 2.05) is 0 Å². The molecule has 0 heterocycles. The molecule has 6 heteroatoms. The lowest BCUT2D eigenvalue weighted by molar-refractivity contribution is 0.0996. The van der Waals surface area contributed by atoms with E-state index in [-0.39, 0.29) is 16.5 Å². The van der Waals surface area contributed by atoms with Crippen molar-refractivity contribution in [3.8, 4) is 0 Å². The molecule has 5 nitrogen and oxygen atoms in total. The van der Waals surface area contributed by atoms with Crippen molar-refractivity contribution in [2.45, 2.75) is 0 Å². The minimum atomic E-state index is -0.662. The SMILES string of the molecule is NC(=O)c1cc(NC(=O)c2ccccc2N)ccc1Cl. The van der Waals surface area contributed by atoms with Crippen molar-refractivity contribution in [3.05, 3.63) is 58.6 Å². The highest BCUT2D eigenvalue weighted by molar-refractivity contribution is 6.34. The van der Waals surface area contributed by atoms with Crippen LogP contribution in [0.2, 0.25) is 5.02 Å². The Balaban J connectivity index is 2.27. The maximum absolute atomic E-state index is 12.1. The van der Waals surface area contributed by atoms with Gasteiger partial charge in [0, 0.05) is 11.4 Å². The number of nitrogen functional groups attached to an aromatic ring is 1. The van der Waals surface area contributed by atoms with Crippen LogP contribution in [0.4, 0.5) is 11.4 Å². The molecule has 5 N–H and O–H groups in total. The Morgan fingerprint density at radius 2 is 1.75 bits per heavy atom. The molecule has 0 spiro atoms. The second kappa shape index (κ2) is 5.63. The van der Waals surface area contributed by atoms with E-state index in [1.54, 1.807) is 30.3 Å². The number of primary amides is 1. The second-order valence-electron chi connectivity index (χ2n) is 4.10. The quantitative estimate of drug-likeness (QED) is 0.756. The van der Waals surface area contributed by atoms with Crippen molar-refractivity contribution in [1.29, 1.82) is 0 Å². The maximum Gasteiger partial charge on any atom is 0.257 e. The lowest BCUT2D eigenvalue weighted by atomic mass is 10.1. The summed E-state index contributed by atoms with van der Waals surface area (Å²) >= 11 is 5.84. The Hall–Kier alpha value is -2.53. The molecule has 0 radical (unpaired) electrons. The predicted octanol–water partition coefficient (Wildman–Crippen LogP) is 2.27. The molecular formula is C14H12ClN3O2. The highest BCUT2D eigenvalue weighted by atomic mass is 35.5. The monoisotopic (exact) mass is 289 g/mol. The Morgan fingerprint density at radius 1 is 1.05 bits per heavy atom. The molecular weight excluding hydrogens is 278 g/mol. The van der Waals surface area contributed by atoms with Gasteiger partial charge in [-0.05, 0) is 30.3 Å². The van der Waals surface area contributed by atoms with E-state index in [0.29, 0.717) is 16.9 Å². The van der Waals surface area contributed by atoms with E-state index in [4.69, 9.17) is 23.1 Å². The lowest BCUT2D eigenvalue weighted by Gasteiger charge is -2.09. The average molecular weight is 290 g/mol. The second-order valence-corrected chi connectivity index (χ2v) is 4.51. The van der Waals surface area contributed by atoms with Gasteiger partial charge in [0.05, 0.1) is 16.1 Å². The first-order valence-electron chi connectivity index (χ1n) is 5.74. The third-order valence-electron chi connectivity index (χ3n) is 2.70. The topological polar surface area (TPSA) is 98.2 Å². The number of anilines is 2. The normalized spacial score (nSPS) is 10.1. The molecule has 0 atom stereocenters. The highest BCUT2D eigenvalue weighted by Gasteiger charge is 2.12. The standard InChI is InChI=1S/C14H12ClN3O2/c15-11-6-5-8(7-10(11)13(17)19)18-14(20)9-3-1-2-4-12(9)16/h1-7H,16H2,(H2,17,19)(H,18,20). The Bertz CT molecular complexity index is 686. The smallest absolute Gasteiger partial charge is 0.257 e. The van der Waals surface area contributed by atoms with Crippen LogP contribution in [0.25, 0.3) is 0 Å². The number of carbonyl (C=O) groups is 2.